The number of nitrogens with one attached hydrogen (secondary N) is 3. The number of amides is 4. The number of benzene rings is 1. The molecule has 3 rings (SSSR count). The second-order valence-corrected chi connectivity index (χ2v) is 19.6. The van der Waals surface area contributed by atoms with E-state index in [1.54, 1.807) is 65.8 Å². The van der Waals surface area contributed by atoms with Crippen molar-refractivity contribution in [2.75, 3.05) is 20.7 Å². The second kappa shape index (κ2) is 24.1. The third-order valence-electron chi connectivity index (χ3n) is 12.5. The van der Waals surface area contributed by atoms with E-state index >= 15 is 0 Å². The standard InChI is InChI=1S/C48H77N5O12/c1-15-28(6)39-37(54)25-38(55)64-42(27(4)5)41(56)29(7)43(57)49-34(23-26(2)3)30(8)53-22-16-17-35(53)45(59)52(13)36(24-32-18-20-33(62-14)21-19-32)46(60)63-31(9)40(44(58)50-39)51-47(61)65-48(10,11)12/h18-21,26-31,34-37,39-40,42,54H,15-17,22-25H2,1-14H3,(H,49,57)(H,50,58)(H,51,61)/t28-,29-,30?,31+,34-,35-,36-,37-,39+,40-,42-/m0/s1. The van der Waals surface area contributed by atoms with E-state index in [1.165, 1.54) is 32.9 Å². The Balaban J connectivity index is 2.21. The SMILES string of the molecule is CC[C@H](C)[C@H]1NC(=O)[C@@H](NC(=O)OC(C)(C)C)[C@@H](C)OC(=O)[C@H](Cc2ccc(OC)cc2)N(C)C(=O)[C@@H]2CCCN2C(C)[C@H](CC(C)C)NC(=O)[C@@H](C)C(=O)[C@H](C(C)C)OC(=O)C[C@@H]1O. The molecule has 366 valence electrons. The maximum Gasteiger partial charge on any atom is 0.408 e. The molecule has 2 saturated heterocycles. The van der Waals surface area contributed by atoms with Crippen LogP contribution in [0, 0.1) is 23.7 Å². The highest BCUT2D eigenvalue weighted by atomic mass is 16.6. The summed E-state index contributed by atoms with van der Waals surface area (Å²) in [6.07, 6.45) is -3.72. The van der Waals surface area contributed by atoms with E-state index in [1.807, 2.05) is 32.6 Å². The average molecular weight is 916 g/mol. The first-order valence-electron chi connectivity index (χ1n) is 23.2. The van der Waals surface area contributed by atoms with Crippen LogP contribution in [0.2, 0.25) is 0 Å². The molecule has 2 aliphatic heterocycles. The zero-order valence-corrected chi connectivity index (χ0v) is 41.1. The molecule has 2 heterocycles. The molecule has 0 radical (unpaired) electrons. The lowest BCUT2D eigenvalue weighted by molar-refractivity contribution is -0.162. The van der Waals surface area contributed by atoms with Gasteiger partial charge >= 0.3 is 18.0 Å². The number of aliphatic hydroxyl groups excluding tert-OH is 1. The Morgan fingerprint density at radius 3 is 2.14 bits per heavy atom. The van der Waals surface area contributed by atoms with Gasteiger partial charge in [0.25, 0.3) is 0 Å². The van der Waals surface area contributed by atoms with Gasteiger partial charge in [-0.15, -0.1) is 0 Å². The minimum Gasteiger partial charge on any atom is -0.497 e. The van der Waals surface area contributed by atoms with Crippen LogP contribution in [0.25, 0.3) is 0 Å². The van der Waals surface area contributed by atoms with Crippen molar-refractivity contribution in [3.8, 4) is 5.75 Å². The van der Waals surface area contributed by atoms with Crippen LogP contribution in [-0.2, 0) is 49.4 Å². The van der Waals surface area contributed by atoms with Gasteiger partial charge in [-0.25, -0.2) is 9.59 Å². The van der Waals surface area contributed by atoms with E-state index in [0.29, 0.717) is 43.5 Å². The van der Waals surface area contributed by atoms with E-state index in [9.17, 15) is 38.7 Å². The molecule has 2 aliphatic rings. The summed E-state index contributed by atoms with van der Waals surface area (Å²) in [5.74, 6) is -5.66. The van der Waals surface area contributed by atoms with Crippen LogP contribution < -0.4 is 20.7 Å². The van der Waals surface area contributed by atoms with Crippen molar-refractivity contribution in [2.45, 2.75) is 182 Å². The van der Waals surface area contributed by atoms with Crippen molar-refractivity contribution in [1.29, 1.82) is 0 Å². The van der Waals surface area contributed by atoms with Crippen LogP contribution >= 0.6 is 0 Å². The molecule has 65 heavy (non-hydrogen) atoms. The summed E-state index contributed by atoms with van der Waals surface area (Å²) in [5.41, 5.74) is -0.286. The van der Waals surface area contributed by atoms with Crippen LogP contribution in [0.3, 0.4) is 0 Å². The van der Waals surface area contributed by atoms with Crippen molar-refractivity contribution in [3.63, 3.8) is 0 Å². The molecular formula is C48H77N5O12. The molecular weight excluding hydrogens is 839 g/mol. The zero-order valence-electron chi connectivity index (χ0n) is 41.1. The fraction of sp³-hybridized carbons (Fsp3) is 0.729. The molecule has 11 atom stereocenters. The Hall–Kier alpha value is -4.77. The minimum absolute atomic E-state index is 0.0180. The van der Waals surface area contributed by atoms with Crippen molar-refractivity contribution >= 4 is 41.5 Å². The van der Waals surface area contributed by atoms with Gasteiger partial charge in [0, 0.05) is 25.6 Å². The maximum atomic E-state index is 14.8. The lowest BCUT2D eigenvalue weighted by atomic mass is 9.91. The highest BCUT2D eigenvalue weighted by Gasteiger charge is 2.44. The van der Waals surface area contributed by atoms with Gasteiger partial charge in [0.1, 0.15) is 29.5 Å². The lowest BCUT2D eigenvalue weighted by Crippen LogP contribution is -2.60. The largest absolute Gasteiger partial charge is 0.497 e. The van der Waals surface area contributed by atoms with E-state index in [0.717, 1.165) is 0 Å². The zero-order chi connectivity index (χ0) is 49.1. The quantitative estimate of drug-likeness (QED) is 0.154. The first kappa shape index (κ1) is 54.6. The molecule has 0 spiro atoms. The average Bonchev–Trinajstić information content (AvgIpc) is 3.72. The first-order valence-corrected chi connectivity index (χ1v) is 23.2. The van der Waals surface area contributed by atoms with Gasteiger partial charge in [-0.05, 0) is 103 Å². The van der Waals surface area contributed by atoms with Crippen LogP contribution in [0.1, 0.15) is 121 Å². The van der Waals surface area contributed by atoms with Gasteiger partial charge in [-0.1, -0.05) is 60.1 Å². The highest BCUT2D eigenvalue weighted by Crippen LogP contribution is 2.28. The molecule has 0 bridgehead atoms. The van der Waals surface area contributed by atoms with E-state index in [4.69, 9.17) is 18.9 Å². The molecule has 17 heteroatoms. The number of alkyl carbamates (subject to hydrolysis) is 1. The maximum absolute atomic E-state index is 14.8. The van der Waals surface area contributed by atoms with Gasteiger partial charge in [0.2, 0.25) is 17.7 Å². The highest BCUT2D eigenvalue weighted by molar-refractivity contribution is 6.03. The fourth-order valence-electron chi connectivity index (χ4n) is 8.39. The number of cyclic esters (lactones) is 2. The number of Topliss-reactive ketones (excluding diaryl/α,β-unsaturated/α-hetero) is 1. The third kappa shape index (κ3) is 15.4. The topological polar surface area (TPSA) is 219 Å². The molecule has 0 saturated carbocycles. The van der Waals surface area contributed by atoms with Gasteiger partial charge in [0.15, 0.2) is 11.9 Å². The van der Waals surface area contributed by atoms with Gasteiger partial charge in [-0.3, -0.25) is 28.9 Å². The number of carbonyl (C=O) groups excluding carboxylic acids is 7. The minimum atomic E-state index is -1.58. The number of fused-ring (bicyclic) bond motifs is 1. The lowest BCUT2D eigenvalue weighted by Gasteiger charge is -2.39. The predicted octanol–water partition coefficient (Wildman–Crippen LogP) is 4.34. The molecule has 1 unspecified atom stereocenters. The number of esters is 2. The number of nitrogens with zero attached hydrogens (tertiary/aromatic N) is 2. The number of ether oxygens (including phenoxy) is 4. The van der Waals surface area contributed by atoms with E-state index < -0.39 is 114 Å². The number of aliphatic hydroxyl groups is 1. The van der Waals surface area contributed by atoms with Crippen LogP contribution in [0.4, 0.5) is 4.79 Å². The Labute approximate surface area is 385 Å². The molecule has 0 aliphatic carbocycles. The van der Waals surface area contributed by atoms with E-state index in [2.05, 4.69) is 16.0 Å². The summed E-state index contributed by atoms with van der Waals surface area (Å²) < 4.78 is 22.6. The van der Waals surface area contributed by atoms with Crippen LogP contribution in [0.15, 0.2) is 24.3 Å². The number of hydrogen-bond acceptors (Lipinski definition) is 13. The van der Waals surface area contributed by atoms with Crippen LogP contribution in [0.5, 0.6) is 5.75 Å². The summed E-state index contributed by atoms with van der Waals surface area (Å²) in [7, 11) is 3.06. The molecule has 17 nitrogen and oxygen atoms in total. The fourth-order valence-corrected chi connectivity index (χ4v) is 8.39. The van der Waals surface area contributed by atoms with Crippen molar-refractivity contribution in [2.24, 2.45) is 23.7 Å². The first-order chi connectivity index (χ1) is 30.3. The predicted molar refractivity (Wildman–Crippen MR) is 243 cm³/mol. The number of hydrogen-bond donors (Lipinski definition) is 4. The number of likely N-dealkylation sites (N-methyl/N-ethyl adjacent to an activating group) is 1. The van der Waals surface area contributed by atoms with E-state index in [-0.39, 0.29) is 24.3 Å². The third-order valence-corrected chi connectivity index (χ3v) is 12.5. The molecule has 1 aromatic rings. The number of methoxy groups -OCH3 is 1. The molecule has 1 aromatic carbocycles. The van der Waals surface area contributed by atoms with Gasteiger partial charge in [-0.2, -0.15) is 0 Å². The molecule has 0 aromatic heterocycles. The van der Waals surface area contributed by atoms with Crippen LogP contribution in [-0.4, -0.2) is 137 Å². The smallest absolute Gasteiger partial charge is 0.408 e. The summed E-state index contributed by atoms with van der Waals surface area (Å²) in [6.45, 7) is 21.2. The number of rotatable bonds is 9. The Morgan fingerprint density at radius 1 is 0.954 bits per heavy atom. The second-order valence-electron chi connectivity index (χ2n) is 19.6. The van der Waals surface area contributed by atoms with Crippen molar-refractivity contribution in [3.05, 3.63) is 29.8 Å². The Morgan fingerprint density at radius 2 is 1.58 bits per heavy atom. The molecule has 4 amide bonds. The summed E-state index contributed by atoms with van der Waals surface area (Å²) in [4.78, 5) is 102. The van der Waals surface area contributed by atoms with Gasteiger partial charge in [0.05, 0.1) is 37.6 Å². The van der Waals surface area contributed by atoms with Crippen molar-refractivity contribution < 1.29 is 57.6 Å². The number of carbonyl (C=O) groups is 7. The molecule has 4 N–H and O–H groups in total. The molecule has 2 fully saturated rings. The Bertz CT molecular complexity index is 1800. The van der Waals surface area contributed by atoms with Crippen molar-refractivity contribution in [1.82, 2.24) is 25.8 Å². The summed E-state index contributed by atoms with van der Waals surface area (Å²) in [5, 5.41) is 20.0. The summed E-state index contributed by atoms with van der Waals surface area (Å²) >= 11 is 0. The monoisotopic (exact) mass is 916 g/mol. The van der Waals surface area contributed by atoms with Gasteiger partial charge < -0.3 is 44.9 Å². The normalized spacial score (nSPS) is 29.3. The number of ketones is 1. The summed E-state index contributed by atoms with van der Waals surface area (Å²) in [6, 6.07) is 1.55. The Kier molecular flexibility index (Phi) is 20.3.